The minimum absolute atomic E-state index is 0.160. The van der Waals surface area contributed by atoms with Crippen molar-refractivity contribution in [2.45, 2.75) is 37.7 Å². The van der Waals surface area contributed by atoms with Crippen LogP contribution in [-0.4, -0.2) is 36.2 Å². The molecule has 120 valence electrons. The first-order chi connectivity index (χ1) is 10.5. The van der Waals surface area contributed by atoms with Gasteiger partial charge in [-0.15, -0.1) is 0 Å². The Morgan fingerprint density at radius 2 is 2.00 bits per heavy atom. The van der Waals surface area contributed by atoms with Gasteiger partial charge in [0.05, 0.1) is 16.7 Å². The zero-order valence-corrected chi connectivity index (χ0v) is 12.5. The zero-order valence-electron chi connectivity index (χ0n) is 12.5. The third-order valence-electron chi connectivity index (χ3n) is 4.23. The topological polar surface area (TPSA) is 75.6 Å². The van der Waals surface area contributed by atoms with Crippen LogP contribution in [0.5, 0.6) is 0 Å². The smallest absolute Gasteiger partial charge is 0.335 e. The first kappa shape index (κ1) is 16.4. The average Bonchev–Trinajstić information content (AvgIpc) is 2.53. The Morgan fingerprint density at radius 3 is 2.55 bits per heavy atom. The van der Waals surface area contributed by atoms with Gasteiger partial charge in [0, 0.05) is 13.7 Å². The van der Waals surface area contributed by atoms with Crippen molar-refractivity contribution in [3.63, 3.8) is 0 Å². The standard InChI is InChI=1S/C16H20FNO4/c1-22-16(7-3-2-4-8-16)10-18-14(19)12-6-5-11(15(20)21)9-13(12)17/h5-6,9H,2-4,7-8,10H2,1H3,(H,18,19)(H,20,21). The van der Waals surface area contributed by atoms with Gasteiger partial charge in [0.15, 0.2) is 0 Å². The van der Waals surface area contributed by atoms with E-state index in [4.69, 9.17) is 9.84 Å². The maximum atomic E-state index is 13.8. The monoisotopic (exact) mass is 309 g/mol. The number of carbonyl (C=O) groups is 2. The molecule has 1 aliphatic carbocycles. The molecule has 2 N–H and O–H groups in total. The fraction of sp³-hybridized carbons (Fsp3) is 0.500. The van der Waals surface area contributed by atoms with Crippen LogP contribution in [0.25, 0.3) is 0 Å². The van der Waals surface area contributed by atoms with Gasteiger partial charge in [0.1, 0.15) is 5.82 Å². The van der Waals surface area contributed by atoms with Gasteiger partial charge in [-0.3, -0.25) is 4.79 Å². The van der Waals surface area contributed by atoms with Crippen molar-refractivity contribution >= 4 is 11.9 Å². The molecule has 0 aliphatic heterocycles. The van der Waals surface area contributed by atoms with Gasteiger partial charge in [0.2, 0.25) is 0 Å². The summed E-state index contributed by atoms with van der Waals surface area (Å²) in [6, 6.07) is 3.26. The third kappa shape index (κ3) is 3.62. The second kappa shape index (κ2) is 6.87. The van der Waals surface area contributed by atoms with Crippen LogP contribution < -0.4 is 5.32 Å². The molecule has 1 fully saturated rings. The number of halogens is 1. The molecule has 5 nitrogen and oxygen atoms in total. The number of hydrogen-bond acceptors (Lipinski definition) is 3. The number of rotatable bonds is 5. The van der Waals surface area contributed by atoms with E-state index in [0.29, 0.717) is 6.54 Å². The number of carboxylic acids is 1. The molecule has 1 saturated carbocycles. The minimum atomic E-state index is -1.23. The predicted octanol–water partition coefficient (Wildman–Crippen LogP) is 2.60. The lowest BCUT2D eigenvalue weighted by molar-refractivity contribution is -0.0364. The second-order valence-electron chi connectivity index (χ2n) is 5.63. The molecule has 1 aromatic carbocycles. The zero-order chi connectivity index (χ0) is 16.2. The molecule has 0 unspecified atom stereocenters. The first-order valence-electron chi connectivity index (χ1n) is 7.34. The summed E-state index contributed by atoms with van der Waals surface area (Å²) in [4.78, 5) is 22.9. The van der Waals surface area contributed by atoms with Gasteiger partial charge in [-0.05, 0) is 31.0 Å². The number of hydrogen-bond donors (Lipinski definition) is 2. The van der Waals surface area contributed by atoms with Crippen molar-refractivity contribution in [2.24, 2.45) is 0 Å². The highest BCUT2D eigenvalue weighted by molar-refractivity contribution is 5.96. The lowest BCUT2D eigenvalue weighted by atomic mass is 9.84. The minimum Gasteiger partial charge on any atom is -0.478 e. The van der Waals surface area contributed by atoms with Crippen LogP contribution in [0.15, 0.2) is 18.2 Å². The largest absolute Gasteiger partial charge is 0.478 e. The Balaban J connectivity index is 2.04. The van der Waals surface area contributed by atoms with Gasteiger partial charge in [0.25, 0.3) is 5.91 Å². The molecule has 0 aromatic heterocycles. The molecule has 0 heterocycles. The number of nitrogens with one attached hydrogen (secondary N) is 1. The Bertz CT molecular complexity index is 567. The third-order valence-corrected chi connectivity index (χ3v) is 4.23. The van der Waals surface area contributed by atoms with Crippen LogP contribution in [0.2, 0.25) is 0 Å². The SMILES string of the molecule is COC1(CNC(=O)c2ccc(C(=O)O)cc2F)CCCCC1. The number of carbonyl (C=O) groups excluding carboxylic acids is 1. The molecular formula is C16H20FNO4. The summed E-state index contributed by atoms with van der Waals surface area (Å²) in [6.45, 7) is 0.322. The fourth-order valence-electron chi connectivity index (χ4n) is 2.82. The summed E-state index contributed by atoms with van der Waals surface area (Å²) in [5.74, 6) is -2.63. The molecule has 6 heteroatoms. The van der Waals surface area contributed by atoms with Crippen molar-refractivity contribution in [2.75, 3.05) is 13.7 Å². The summed E-state index contributed by atoms with van der Waals surface area (Å²) in [6.07, 6.45) is 4.98. The Labute approximate surface area is 128 Å². The summed E-state index contributed by atoms with van der Waals surface area (Å²) in [5, 5.41) is 11.5. The highest BCUT2D eigenvalue weighted by Crippen LogP contribution is 2.30. The van der Waals surface area contributed by atoms with E-state index in [9.17, 15) is 14.0 Å². The molecule has 1 aromatic rings. The number of amides is 1. The maximum absolute atomic E-state index is 13.8. The molecule has 1 amide bonds. The van der Waals surface area contributed by atoms with E-state index in [0.717, 1.165) is 38.2 Å². The van der Waals surface area contributed by atoms with E-state index in [1.54, 1.807) is 7.11 Å². The Hall–Kier alpha value is -1.95. The maximum Gasteiger partial charge on any atom is 0.335 e. The number of methoxy groups -OCH3 is 1. The van der Waals surface area contributed by atoms with Gasteiger partial charge < -0.3 is 15.2 Å². The molecule has 22 heavy (non-hydrogen) atoms. The molecular weight excluding hydrogens is 289 g/mol. The van der Waals surface area contributed by atoms with Gasteiger partial charge >= 0.3 is 5.97 Å². The molecule has 0 atom stereocenters. The highest BCUT2D eigenvalue weighted by atomic mass is 19.1. The summed E-state index contributed by atoms with van der Waals surface area (Å²) < 4.78 is 19.4. The molecule has 0 radical (unpaired) electrons. The Morgan fingerprint density at radius 1 is 1.32 bits per heavy atom. The number of carboxylic acid groups (broad SMARTS) is 1. The Kier molecular flexibility index (Phi) is 5.13. The van der Waals surface area contributed by atoms with Crippen LogP contribution in [0.1, 0.15) is 52.8 Å². The van der Waals surface area contributed by atoms with Crippen molar-refractivity contribution < 1.29 is 23.8 Å². The van der Waals surface area contributed by atoms with Gasteiger partial charge in [-0.2, -0.15) is 0 Å². The van der Waals surface area contributed by atoms with Gasteiger partial charge in [-0.25, -0.2) is 9.18 Å². The fourth-order valence-corrected chi connectivity index (χ4v) is 2.82. The van der Waals surface area contributed by atoms with E-state index in [1.165, 1.54) is 12.1 Å². The van der Waals surface area contributed by atoms with Crippen molar-refractivity contribution in [3.05, 3.63) is 35.1 Å². The molecule has 1 aliphatic rings. The predicted molar refractivity (Wildman–Crippen MR) is 78.5 cm³/mol. The van der Waals surface area contributed by atoms with Crippen LogP contribution >= 0.6 is 0 Å². The second-order valence-corrected chi connectivity index (χ2v) is 5.63. The van der Waals surface area contributed by atoms with Crippen LogP contribution in [0.3, 0.4) is 0 Å². The number of ether oxygens (including phenoxy) is 1. The lowest BCUT2D eigenvalue weighted by Crippen LogP contribution is -2.45. The van der Waals surface area contributed by atoms with Crippen molar-refractivity contribution in [3.8, 4) is 0 Å². The van der Waals surface area contributed by atoms with Crippen LogP contribution in [0, 0.1) is 5.82 Å². The summed E-state index contributed by atoms with van der Waals surface area (Å²) in [7, 11) is 1.62. The van der Waals surface area contributed by atoms with E-state index >= 15 is 0 Å². The lowest BCUT2D eigenvalue weighted by Gasteiger charge is -2.36. The molecule has 2 rings (SSSR count). The average molecular weight is 309 g/mol. The first-order valence-corrected chi connectivity index (χ1v) is 7.34. The van der Waals surface area contributed by atoms with Crippen LogP contribution in [0.4, 0.5) is 4.39 Å². The summed E-state index contributed by atoms with van der Waals surface area (Å²) in [5.41, 5.74) is -0.729. The van der Waals surface area contributed by atoms with E-state index < -0.39 is 17.7 Å². The summed E-state index contributed by atoms with van der Waals surface area (Å²) >= 11 is 0. The number of aromatic carboxylic acids is 1. The number of benzene rings is 1. The van der Waals surface area contributed by atoms with Crippen molar-refractivity contribution in [1.29, 1.82) is 0 Å². The quantitative estimate of drug-likeness (QED) is 0.876. The molecule has 0 spiro atoms. The van der Waals surface area contributed by atoms with Crippen LogP contribution in [-0.2, 0) is 4.74 Å². The van der Waals surface area contributed by atoms with E-state index in [-0.39, 0.29) is 16.7 Å². The van der Waals surface area contributed by atoms with Gasteiger partial charge in [-0.1, -0.05) is 19.3 Å². The normalized spacial score (nSPS) is 17.0. The van der Waals surface area contributed by atoms with E-state index in [2.05, 4.69) is 5.32 Å². The molecule has 0 saturated heterocycles. The van der Waals surface area contributed by atoms with Crippen molar-refractivity contribution in [1.82, 2.24) is 5.32 Å². The molecule has 0 bridgehead atoms. The highest BCUT2D eigenvalue weighted by Gasteiger charge is 2.32. The van der Waals surface area contributed by atoms with E-state index in [1.807, 2.05) is 0 Å².